The SMILES string of the molecule is CCO[Si](CCCNCCN(CC)CC)(OCC)OCC. The molecule has 0 atom stereocenters. The van der Waals surface area contributed by atoms with Gasteiger partial charge in [-0.15, -0.1) is 0 Å². The third kappa shape index (κ3) is 9.60. The van der Waals surface area contributed by atoms with Gasteiger partial charge in [0.1, 0.15) is 0 Å². The predicted molar refractivity (Wildman–Crippen MR) is 90.7 cm³/mol. The highest BCUT2D eigenvalue weighted by Gasteiger charge is 2.39. The molecule has 0 aliphatic rings. The zero-order chi connectivity index (χ0) is 16.0. The van der Waals surface area contributed by atoms with E-state index in [0.717, 1.165) is 45.2 Å². The van der Waals surface area contributed by atoms with Gasteiger partial charge in [-0.3, -0.25) is 0 Å². The summed E-state index contributed by atoms with van der Waals surface area (Å²) in [6, 6.07) is 0.890. The number of nitrogens with one attached hydrogen (secondary N) is 1. The summed E-state index contributed by atoms with van der Waals surface area (Å²) in [7, 11) is -2.44. The molecule has 0 rings (SSSR count). The van der Waals surface area contributed by atoms with E-state index in [4.69, 9.17) is 13.3 Å². The van der Waals surface area contributed by atoms with Gasteiger partial charge in [0.25, 0.3) is 0 Å². The van der Waals surface area contributed by atoms with E-state index in [2.05, 4.69) is 24.1 Å². The maximum absolute atomic E-state index is 5.85. The average Bonchev–Trinajstić information content (AvgIpc) is 2.47. The molecule has 21 heavy (non-hydrogen) atoms. The fourth-order valence-electron chi connectivity index (χ4n) is 2.33. The minimum Gasteiger partial charge on any atom is -0.374 e. The van der Waals surface area contributed by atoms with E-state index in [1.807, 2.05) is 20.8 Å². The Hall–Kier alpha value is 0.0169. The standard InChI is InChI=1S/C15H36N2O3Si/c1-6-17(7-2)14-13-16-12-11-15-21(18-8-3,19-9-4)20-10-5/h16H,6-15H2,1-5H3. The highest BCUT2D eigenvalue weighted by molar-refractivity contribution is 6.60. The Morgan fingerprint density at radius 3 is 1.76 bits per heavy atom. The van der Waals surface area contributed by atoms with Crippen LogP contribution in [0, 0.1) is 0 Å². The molecule has 0 aliphatic heterocycles. The molecular formula is C15H36N2O3Si. The van der Waals surface area contributed by atoms with Gasteiger partial charge in [-0.2, -0.15) is 0 Å². The lowest BCUT2D eigenvalue weighted by atomic mass is 10.4. The van der Waals surface area contributed by atoms with Crippen molar-refractivity contribution in [2.45, 2.75) is 47.1 Å². The summed E-state index contributed by atoms with van der Waals surface area (Å²) in [5, 5.41) is 3.50. The first-order valence-electron chi connectivity index (χ1n) is 8.52. The Morgan fingerprint density at radius 1 is 0.810 bits per heavy atom. The summed E-state index contributed by atoms with van der Waals surface area (Å²) in [6.07, 6.45) is 1.03. The number of hydrogen-bond acceptors (Lipinski definition) is 5. The second-order valence-corrected chi connectivity index (χ2v) is 7.59. The van der Waals surface area contributed by atoms with E-state index in [1.165, 1.54) is 0 Å². The van der Waals surface area contributed by atoms with Crippen molar-refractivity contribution in [2.24, 2.45) is 0 Å². The van der Waals surface area contributed by atoms with E-state index >= 15 is 0 Å². The van der Waals surface area contributed by atoms with Gasteiger partial charge in [0.15, 0.2) is 0 Å². The molecule has 0 saturated heterocycles. The van der Waals surface area contributed by atoms with Crippen molar-refractivity contribution >= 4 is 8.80 Å². The first-order valence-corrected chi connectivity index (χ1v) is 10.5. The van der Waals surface area contributed by atoms with Gasteiger partial charge in [-0.25, -0.2) is 0 Å². The summed E-state index contributed by atoms with van der Waals surface area (Å²) in [5.74, 6) is 0. The first kappa shape index (κ1) is 21.0. The van der Waals surface area contributed by atoms with Crippen molar-refractivity contribution in [3.8, 4) is 0 Å². The zero-order valence-corrected chi connectivity index (χ0v) is 15.7. The van der Waals surface area contributed by atoms with Crippen LogP contribution in [0.3, 0.4) is 0 Å². The quantitative estimate of drug-likeness (QED) is 0.371. The molecule has 128 valence electrons. The number of likely N-dealkylation sites (N-methyl/N-ethyl adjacent to an activating group) is 1. The molecule has 0 spiro atoms. The van der Waals surface area contributed by atoms with Gasteiger partial charge in [0.05, 0.1) is 0 Å². The summed E-state index contributed by atoms with van der Waals surface area (Å²) in [6.45, 7) is 17.7. The molecule has 0 aromatic carbocycles. The molecule has 0 fully saturated rings. The predicted octanol–water partition coefficient (Wildman–Crippen LogP) is 2.36. The number of hydrogen-bond donors (Lipinski definition) is 1. The summed E-state index contributed by atoms with van der Waals surface area (Å²) in [4.78, 5) is 2.42. The number of rotatable bonds is 15. The molecular weight excluding hydrogens is 284 g/mol. The van der Waals surface area contributed by atoms with Gasteiger partial charge >= 0.3 is 8.80 Å². The van der Waals surface area contributed by atoms with Gasteiger partial charge in [-0.1, -0.05) is 13.8 Å². The molecule has 0 saturated carbocycles. The van der Waals surface area contributed by atoms with E-state index in [9.17, 15) is 0 Å². The van der Waals surface area contributed by atoms with E-state index in [1.54, 1.807) is 0 Å². The fraction of sp³-hybridized carbons (Fsp3) is 1.00. The Bertz CT molecular complexity index is 212. The lowest BCUT2D eigenvalue weighted by Crippen LogP contribution is -2.46. The Kier molecular flexibility index (Phi) is 13.7. The zero-order valence-electron chi connectivity index (χ0n) is 14.7. The van der Waals surface area contributed by atoms with Crippen LogP contribution in [-0.4, -0.2) is 66.2 Å². The van der Waals surface area contributed by atoms with Crippen LogP contribution in [-0.2, 0) is 13.3 Å². The lowest BCUT2D eigenvalue weighted by molar-refractivity contribution is 0.0708. The molecule has 0 aromatic heterocycles. The maximum atomic E-state index is 5.85. The van der Waals surface area contributed by atoms with E-state index in [0.29, 0.717) is 19.8 Å². The van der Waals surface area contributed by atoms with Crippen LogP contribution in [0.2, 0.25) is 6.04 Å². The van der Waals surface area contributed by atoms with Crippen molar-refractivity contribution in [2.75, 3.05) is 52.5 Å². The average molecular weight is 321 g/mol. The third-order valence-corrected chi connectivity index (χ3v) is 6.58. The van der Waals surface area contributed by atoms with Crippen molar-refractivity contribution < 1.29 is 13.3 Å². The molecule has 0 aliphatic carbocycles. The highest BCUT2D eigenvalue weighted by atomic mass is 28.4. The minimum absolute atomic E-state index is 0.654. The normalized spacial score (nSPS) is 12.3. The highest BCUT2D eigenvalue weighted by Crippen LogP contribution is 2.17. The molecule has 5 nitrogen and oxygen atoms in total. The second kappa shape index (κ2) is 13.7. The fourth-order valence-corrected chi connectivity index (χ4v) is 4.95. The van der Waals surface area contributed by atoms with Crippen LogP contribution in [0.15, 0.2) is 0 Å². The molecule has 0 radical (unpaired) electrons. The van der Waals surface area contributed by atoms with Crippen molar-refractivity contribution in [1.29, 1.82) is 0 Å². The van der Waals surface area contributed by atoms with Crippen LogP contribution in [0.4, 0.5) is 0 Å². The molecule has 0 unspecified atom stereocenters. The molecule has 1 N–H and O–H groups in total. The van der Waals surface area contributed by atoms with E-state index in [-0.39, 0.29) is 0 Å². The van der Waals surface area contributed by atoms with Gasteiger partial charge in [0.2, 0.25) is 0 Å². The van der Waals surface area contributed by atoms with E-state index < -0.39 is 8.80 Å². The van der Waals surface area contributed by atoms with Crippen LogP contribution < -0.4 is 5.32 Å². The Morgan fingerprint density at radius 2 is 1.33 bits per heavy atom. The Labute approximate surface area is 132 Å². The summed E-state index contributed by atoms with van der Waals surface area (Å²) < 4.78 is 17.5. The van der Waals surface area contributed by atoms with Gasteiger partial charge < -0.3 is 23.5 Å². The monoisotopic (exact) mass is 320 g/mol. The van der Waals surface area contributed by atoms with Gasteiger partial charge in [0, 0.05) is 39.0 Å². The molecule has 6 heteroatoms. The Balaban J connectivity index is 3.96. The number of nitrogens with zero attached hydrogens (tertiary/aromatic N) is 1. The van der Waals surface area contributed by atoms with Gasteiger partial charge in [-0.05, 0) is 46.8 Å². The summed E-state index contributed by atoms with van der Waals surface area (Å²) >= 11 is 0. The third-order valence-electron chi connectivity index (χ3n) is 3.43. The molecule has 0 bridgehead atoms. The topological polar surface area (TPSA) is 43.0 Å². The van der Waals surface area contributed by atoms with Crippen molar-refractivity contribution in [3.63, 3.8) is 0 Å². The maximum Gasteiger partial charge on any atom is 0.500 e. The summed E-state index contributed by atoms with van der Waals surface area (Å²) in [5.41, 5.74) is 0. The largest absolute Gasteiger partial charge is 0.500 e. The molecule has 0 aromatic rings. The van der Waals surface area contributed by atoms with Crippen LogP contribution >= 0.6 is 0 Å². The smallest absolute Gasteiger partial charge is 0.374 e. The van der Waals surface area contributed by atoms with Crippen LogP contribution in [0.5, 0.6) is 0 Å². The van der Waals surface area contributed by atoms with Crippen molar-refractivity contribution in [1.82, 2.24) is 10.2 Å². The first-order chi connectivity index (χ1) is 10.2. The molecule has 0 heterocycles. The van der Waals surface area contributed by atoms with Crippen LogP contribution in [0.25, 0.3) is 0 Å². The van der Waals surface area contributed by atoms with Crippen molar-refractivity contribution in [3.05, 3.63) is 0 Å². The second-order valence-electron chi connectivity index (χ2n) is 4.86. The lowest BCUT2D eigenvalue weighted by Gasteiger charge is -2.28. The molecule has 0 amide bonds. The minimum atomic E-state index is -2.44. The van der Waals surface area contributed by atoms with Crippen LogP contribution in [0.1, 0.15) is 41.0 Å².